The van der Waals surface area contributed by atoms with E-state index < -0.39 is 7.12 Å². The first-order valence-electron chi connectivity index (χ1n) is 10.6. The lowest BCUT2D eigenvalue weighted by atomic mass is 9.65. The number of allylic oxidation sites excluding steroid dienone is 2. The fourth-order valence-electron chi connectivity index (χ4n) is 4.10. The molecule has 0 atom stereocenters. The summed E-state index contributed by atoms with van der Waals surface area (Å²) in [5, 5.41) is 0. The zero-order valence-electron chi connectivity index (χ0n) is 19.4. The Morgan fingerprint density at radius 2 is 1.57 bits per heavy atom. The molecule has 4 heteroatoms. The Labute approximate surface area is 172 Å². The van der Waals surface area contributed by atoms with Gasteiger partial charge in [0.15, 0.2) is 0 Å². The molecule has 0 spiro atoms. The van der Waals surface area contributed by atoms with Gasteiger partial charge in [-0.1, -0.05) is 46.8 Å². The van der Waals surface area contributed by atoms with Gasteiger partial charge in [0.1, 0.15) is 5.75 Å². The van der Waals surface area contributed by atoms with Crippen molar-refractivity contribution in [3.05, 3.63) is 29.3 Å². The van der Waals surface area contributed by atoms with Crippen LogP contribution in [0.5, 0.6) is 5.75 Å². The summed E-state index contributed by atoms with van der Waals surface area (Å²) in [6, 6.07) is 4.50. The van der Waals surface area contributed by atoms with Crippen LogP contribution in [0, 0.1) is 5.41 Å². The molecule has 1 heterocycles. The molecular weight excluding hydrogens is 347 g/mol. The minimum Gasteiger partial charge on any atom is -0.494 e. The van der Waals surface area contributed by atoms with Gasteiger partial charge >= 0.3 is 7.12 Å². The molecule has 3 nitrogen and oxygen atoms in total. The molecule has 154 valence electrons. The van der Waals surface area contributed by atoms with E-state index in [9.17, 15) is 0 Å². The maximum absolute atomic E-state index is 6.38. The number of hydrogen-bond acceptors (Lipinski definition) is 3. The van der Waals surface area contributed by atoms with Gasteiger partial charge in [-0.3, -0.25) is 0 Å². The van der Waals surface area contributed by atoms with Crippen molar-refractivity contribution < 1.29 is 14.0 Å². The van der Waals surface area contributed by atoms with Crippen molar-refractivity contribution in [2.45, 2.75) is 92.3 Å². The highest BCUT2D eigenvalue weighted by Crippen LogP contribution is 2.47. The molecule has 1 fully saturated rings. The van der Waals surface area contributed by atoms with Gasteiger partial charge in [0.2, 0.25) is 0 Å². The van der Waals surface area contributed by atoms with E-state index in [1.165, 1.54) is 16.7 Å². The maximum atomic E-state index is 6.38. The predicted octanol–water partition coefficient (Wildman–Crippen LogP) is 5.50. The quantitative estimate of drug-likeness (QED) is 0.645. The van der Waals surface area contributed by atoms with Crippen LogP contribution in [0.4, 0.5) is 0 Å². The fraction of sp³-hybridized carbons (Fsp3) is 0.667. The van der Waals surface area contributed by atoms with Crippen LogP contribution in [0.1, 0.15) is 86.8 Å². The van der Waals surface area contributed by atoms with Crippen molar-refractivity contribution in [1.29, 1.82) is 0 Å². The van der Waals surface area contributed by atoms with Gasteiger partial charge in [-0.15, -0.1) is 0 Å². The monoisotopic (exact) mass is 384 g/mol. The van der Waals surface area contributed by atoms with Crippen molar-refractivity contribution >= 4 is 18.2 Å². The zero-order chi connectivity index (χ0) is 21.1. The summed E-state index contributed by atoms with van der Waals surface area (Å²) >= 11 is 0. The minimum atomic E-state index is -0.428. The van der Waals surface area contributed by atoms with Crippen LogP contribution in [0.25, 0.3) is 5.57 Å². The fourth-order valence-corrected chi connectivity index (χ4v) is 4.10. The highest BCUT2D eigenvalue weighted by atomic mass is 16.7. The molecule has 1 aliphatic heterocycles. The average Bonchev–Trinajstić information content (AvgIpc) is 2.74. The summed E-state index contributed by atoms with van der Waals surface area (Å²) in [5.74, 6) is 0.878. The Bertz CT molecular complexity index is 781. The topological polar surface area (TPSA) is 27.7 Å². The number of ether oxygens (including phenoxy) is 1. The SMILES string of the molecule is CCOc1cc2c(cc1B1OC(C)(C)C(C)(C)O1)C(C(C)(C)C)=CCC2(C)C. The molecular formula is C24H37BO3. The van der Waals surface area contributed by atoms with Gasteiger partial charge < -0.3 is 14.0 Å². The van der Waals surface area contributed by atoms with Gasteiger partial charge in [-0.25, -0.2) is 0 Å². The van der Waals surface area contributed by atoms with E-state index in [2.05, 4.69) is 80.5 Å². The Balaban J connectivity index is 2.19. The molecule has 0 radical (unpaired) electrons. The second-order valence-corrected chi connectivity index (χ2v) is 10.9. The van der Waals surface area contributed by atoms with E-state index in [-0.39, 0.29) is 22.0 Å². The Kier molecular flexibility index (Phi) is 5.08. The number of fused-ring (bicyclic) bond motifs is 1. The molecule has 1 aliphatic carbocycles. The molecule has 0 N–H and O–H groups in total. The third kappa shape index (κ3) is 3.54. The van der Waals surface area contributed by atoms with E-state index in [4.69, 9.17) is 14.0 Å². The summed E-state index contributed by atoms with van der Waals surface area (Å²) in [6.07, 6.45) is 3.45. The first-order valence-corrected chi connectivity index (χ1v) is 10.6. The molecule has 3 rings (SSSR count). The molecule has 28 heavy (non-hydrogen) atoms. The Morgan fingerprint density at radius 3 is 2.07 bits per heavy atom. The summed E-state index contributed by atoms with van der Waals surface area (Å²) < 4.78 is 18.8. The molecule has 0 amide bonds. The minimum absolute atomic E-state index is 0.0738. The van der Waals surface area contributed by atoms with Crippen molar-refractivity contribution in [3.8, 4) is 5.75 Å². The number of benzene rings is 1. The second-order valence-electron chi connectivity index (χ2n) is 10.9. The first kappa shape index (κ1) is 21.5. The molecule has 2 aliphatic rings. The van der Waals surface area contributed by atoms with Crippen LogP contribution < -0.4 is 10.2 Å². The van der Waals surface area contributed by atoms with Crippen LogP contribution in [0.3, 0.4) is 0 Å². The summed E-state index contributed by atoms with van der Waals surface area (Å²) in [5.41, 5.74) is 4.43. The van der Waals surface area contributed by atoms with Crippen molar-refractivity contribution in [3.63, 3.8) is 0 Å². The Morgan fingerprint density at radius 1 is 1.00 bits per heavy atom. The molecule has 1 aromatic rings. The molecule has 0 saturated carbocycles. The van der Waals surface area contributed by atoms with Crippen LogP contribution in [0.2, 0.25) is 0 Å². The van der Waals surface area contributed by atoms with Gasteiger partial charge in [0.05, 0.1) is 17.8 Å². The lowest BCUT2D eigenvalue weighted by Crippen LogP contribution is -2.41. The van der Waals surface area contributed by atoms with Crippen LogP contribution in [0.15, 0.2) is 18.2 Å². The van der Waals surface area contributed by atoms with Gasteiger partial charge in [0, 0.05) is 5.46 Å². The highest BCUT2D eigenvalue weighted by Gasteiger charge is 2.53. The van der Waals surface area contributed by atoms with Crippen molar-refractivity contribution in [2.75, 3.05) is 6.61 Å². The Hall–Kier alpha value is -1.26. The summed E-state index contributed by atoms with van der Waals surface area (Å²) in [4.78, 5) is 0. The lowest BCUT2D eigenvalue weighted by Gasteiger charge is -2.37. The van der Waals surface area contributed by atoms with E-state index in [0.717, 1.165) is 17.6 Å². The lowest BCUT2D eigenvalue weighted by molar-refractivity contribution is 0.00578. The van der Waals surface area contributed by atoms with Crippen LogP contribution in [-0.2, 0) is 14.7 Å². The maximum Gasteiger partial charge on any atom is 0.498 e. The third-order valence-corrected chi connectivity index (χ3v) is 6.60. The molecule has 1 aromatic carbocycles. The molecule has 1 saturated heterocycles. The standard InChI is InChI=1S/C24H37BO3/c1-11-26-20-15-18-16(17(21(2,3)4)12-13-22(18,5)6)14-19(20)25-27-23(7,8)24(9,10)28-25/h12,14-15H,11,13H2,1-10H3. The van der Waals surface area contributed by atoms with E-state index in [0.29, 0.717) is 6.61 Å². The number of rotatable bonds is 3. The normalized spacial score (nSPS) is 22.6. The third-order valence-electron chi connectivity index (χ3n) is 6.60. The first-order chi connectivity index (χ1) is 12.7. The summed E-state index contributed by atoms with van der Waals surface area (Å²) in [6.45, 7) is 22.5. The van der Waals surface area contributed by atoms with E-state index in [1.807, 2.05) is 6.92 Å². The van der Waals surface area contributed by atoms with Gasteiger partial charge in [-0.05, 0) is 74.6 Å². The number of hydrogen-bond donors (Lipinski definition) is 0. The zero-order valence-corrected chi connectivity index (χ0v) is 19.4. The molecule has 0 aromatic heterocycles. The molecule has 0 bridgehead atoms. The van der Waals surface area contributed by atoms with Gasteiger partial charge in [0.25, 0.3) is 0 Å². The van der Waals surface area contributed by atoms with Crippen LogP contribution in [-0.4, -0.2) is 24.9 Å². The molecule has 0 unspecified atom stereocenters. The van der Waals surface area contributed by atoms with Crippen LogP contribution >= 0.6 is 0 Å². The van der Waals surface area contributed by atoms with E-state index in [1.54, 1.807) is 0 Å². The highest BCUT2D eigenvalue weighted by molar-refractivity contribution is 6.63. The second kappa shape index (κ2) is 6.63. The predicted molar refractivity (Wildman–Crippen MR) is 118 cm³/mol. The largest absolute Gasteiger partial charge is 0.498 e. The van der Waals surface area contributed by atoms with E-state index >= 15 is 0 Å². The van der Waals surface area contributed by atoms with Crippen molar-refractivity contribution in [2.24, 2.45) is 5.41 Å². The summed E-state index contributed by atoms with van der Waals surface area (Å²) in [7, 11) is -0.428. The smallest absolute Gasteiger partial charge is 0.494 e. The average molecular weight is 384 g/mol. The van der Waals surface area contributed by atoms with Crippen molar-refractivity contribution in [1.82, 2.24) is 0 Å². The van der Waals surface area contributed by atoms with Gasteiger partial charge in [-0.2, -0.15) is 0 Å².